The third kappa shape index (κ3) is 2.70. The van der Waals surface area contributed by atoms with Crippen LogP contribution in [-0.2, 0) is 12.4 Å². The number of benzene rings is 1. The summed E-state index contributed by atoms with van der Waals surface area (Å²) in [4.78, 5) is 0. The summed E-state index contributed by atoms with van der Waals surface area (Å²) in [5.41, 5.74) is 2.06. The first-order valence-electron chi connectivity index (χ1n) is 4.70. The fourth-order valence-corrected chi connectivity index (χ4v) is 1.85. The van der Waals surface area contributed by atoms with E-state index in [0.717, 1.165) is 11.1 Å². The Morgan fingerprint density at radius 3 is 2.56 bits per heavy atom. The van der Waals surface area contributed by atoms with Gasteiger partial charge in [-0.3, -0.25) is 4.68 Å². The third-order valence-corrected chi connectivity index (χ3v) is 3.22. The predicted molar refractivity (Wildman–Crippen MR) is 67.3 cm³/mol. The monoisotopic (exact) mass is 274 g/mol. The van der Waals surface area contributed by atoms with Crippen LogP contribution in [0.15, 0.2) is 30.6 Å². The van der Waals surface area contributed by atoms with Crippen molar-refractivity contribution in [3.63, 3.8) is 0 Å². The molecule has 0 aliphatic heterocycles. The second-order valence-corrected chi connectivity index (χ2v) is 4.51. The molecule has 84 valence electrons. The molecule has 0 amide bonds. The van der Waals surface area contributed by atoms with Gasteiger partial charge in [0.05, 0.1) is 28.7 Å². The summed E-state index contributed by atoms with van der Waals surface area (Å²) >= 11 is 17.5. The quantitative estimate of drug-likeness (QED) is 0.775. The van der Waals surface area contributed by atoms with Crippen molar-refractivity contribution in [1.29, 1.82) is 0 Å². The number of nitrogens with zero attached hydrogens (tertiary/aromatic N) is 2. The highest BCUT2D eigenvalue weighted by Gasteiger charge is 2.02. The Bertz CT molecular complexity index is 494. The summed E-state index contributed by atoms with van der Waals surface area (Å²) in [6.07, 6.45) is 3.67. The van der Waals surface area contributed by atoms with E-state index in [2.05, 4.69) is 5.10 Å². The van der Waals surface area contributed by atoms with Crippen molar-refractivity contribution in [1.82, 2.24) is 9.78 Å². The van der Waals surface area contributed by atoms with Crippen LogP contribution < -0.4 is 0 Å². The number of halogens is 3. The highest BCUT2D eigenvalue weighted by Crippen LogP contribution is 2.22. The van der Waals surface area contributed by atoms with E-state index in [0.29, 0.717) is 22.5 Å². The van der Waals surface area contributed by atoms with Crippen LogP contribution in [0.25, 0.3) is 0 Å². The van der Waals surface area contributed by atoms with E-state index in [9.17, 15) is 0 Å². The van der Waals surface area contributed by atoms with Gasteiger partial charge in [0.15, 0.2) is 0 Å². The van der Waals surface area contributed by atoms with Crippen LogP contribution in [0.1, 0.15) is 11.1 Å². The molecule has 0 saturated heterocycles. The van der Waals surface area contributed by atoms with Crippen molar-refractivity contribution in [3.8, 4) is 0 Å². The van der Waals surface area contributed by atoms with Gasteiger partial charge in [-0.15, -0.1) is 11.6 Å². The minimum atomic E-state index is 0.474. The summed E-state index contributed by atoms with van der Waals surface area (Å²) in [7, 11) is 0. The molecule has 0 spiro atoms. The Morgan fingerprint density at radius 2 is 1.94 bits per heavy atom. The second kappa shape index (κ2) is 5.09. The molecule has 0 unspecified atom stereocenters. The molecule has 1 aromatic heterocycles. The van der Waals surface area contributed by atoms with Gasteiger partial charge >= 0.3 is 0 Å². The Balaban J connectivity index is 2.17. The van der Waals surface area contributed by atoms with Crippen molar-refractivity contribution >= 4 is 34.8 Å². The molecule has 16 heavy (non-hydrogen) atoms. The number of hydrogen-bond donors (Lipinski definition) is 0. The minimum Gasteiger partial charge on any atom is -0.268 e. The highest BCUT2D eigenvalue weighted by atomic mass is 35.5. The molecule has 2 nitrogen and oxygen atoms in total. The lowest BCUT2D eigenvalue weighted by Gasteiger charge is -2.03. The van der Waals surface area contributed by atoms with Crippen LogP contribution in [0.3, 0.4) is 0 Å². The first-order valence-corrected chi connectivity index (χ1v) is 5.99. The summed E-state index contributed by atoms with van der Waals surface area (Å²) in [6.45, 7) is 0.660. The summed E-state index contributed by atoms with van der Waals surface area (Å²) in [5.74, 6) is 0.474. The molecule has 0 aliphatic rings. The van der Waals surface area contributed by atoms with Gasteiger partial charge in [0.1, 0.15) is 0 Å². The van der Waals surface area contributed by atoms with Crippen LogP contribution in [-0.4, -0.2) is 9.78 Å². The van der Waals surface area contributed by atoms with Gasteiger partial charge < -0.3 is 0 Å². The molecule has 0 N–H and O–H groups in total. The van der Waals surface area contributed by atoms with E-state index in [-0.39, 0.29) is 0 Å². The zero-order chi connectivity index (χ0) is 11.5. The lowest BCUT2D eigenvalue weighted by Crippen LogP contribution is -1.99. The average molecular weight is 276 g/mol. The fraction of sp³-hybridized carbons (Fsp3) is 0.182. The Hall–Kier alpha value is -0.700. The van der Waals surface area contributed by atoms with E-state index in [1.807, 2.05) is 23.0 Å². The van der Waals surface area contributed by atoms with Gasteiger partial charge in [-0.25, -0.2) is 0 Å². The van der Waals surface area contributed by atoms with Crippen LogP contribution in [0.2, 0.25) is 10.0 Å². The van der Waals surface area contributed by atoms with Crippen molar-refractivity contribution in [2.24, 2.45) is 0 Å². The number of aromatic nitrogens is 2. The Labute approximate surface area is 109 Å². The molecule has 0 atom stereocenters. The zero-order valence-electron chi connectivity index (χ0n) is 8.33. The molecular formula is C11H9Cl3N2. The SMILES string of the molecule is ClCc1cnn(Cc2ccc(Cl)c(Cl)c2)c1. The number of alkyl halides is 1. The highest BCUT2D eigenvalue weighted by molar-refractivity contribution is 6.42. The van der Waals surface area contributed by atoms with Crippen molar-refractivity contribution in [2.45, 2.75) is 12.4 Å². The molecule has 2 rings (SSSR count). The predicted octanol–water partition coefficient (Wildman–Crippen LogP) is 3.98. The second-order valence-electron chi connectivity index (χ2n) is 3.43. The molecule has 2 aromatic rings. The van der Waals surface area contributed by atoms with E-state index in [1.54, 1.807) is 12.3 Å². The zero-order valence-corrected chi connectivity index (χ0v) is 10.6. The topological polar surface area (TPSA) is 17.8 Å². The maximum absolute atomic E-state index is 5.93. The van der Waals surface area contributed by atoms with Crippen LogP contribution in [0, 0.1) is 0 Å². The van der Waals surface area contributed by atoms with Gasteiger partial charge in [0.25, 0.3) is 0 Å². The van der Waals surface area contributed by atoms with Crippen LogP contribution in [0.4, 0.5) is 0 Å². The molecule has 0 aliphatic carbocycles. The van der Waals surface area contributed by atoms with Crippen LogP contribution >= 0.6 is 34.8 Å². The Morgan fingerprint density at radius 1 is 1.12 bits per heavy atom. The van der Waals surface area contributed by atoms with E-state index >= 15 is 0 Å². The van der Waals surface area contributed by atoms with Gasteiger partial charge in [-0.2, -0.15) is 5.10 Å². The van der Waals surface area contributed by atoms with Crippen molar-refractivity contribution in [2.75, 3.05) is 0 Å². The summed E-state index contributed by atoms with van der Waals surface area (Å²) < 4.78 is 1.82. The summed E-state index contributed by atoms with van der Waals surface area (Å²) in [6, 6.07) is 5.55. The van der Waals surface area contributed by atoms with Crippen molar-refractivity contribution in [3.05, 3.63) is 51.8 Å². The third-order valence-electron chi connectivity index (χ3n) is 2.17. The van der Waals surface area contributed by atoms with Gasteiger partial charge in [0, 0.05) is 11.8 Å². The van der Waals surface area contributed by atoms with E-state index in [4.69, 9.17) is 34.8 Å². The normalized spacial score (nSPS) is 10.7. The lowest BCUT2D eigenvalue weighted by atomic mass is 10.2. The van der Waals surface area contributed by atoms with E-state index in [1.165, 1.54) is 0 Å². The summed E-state index contributed by atoms with van der Waals surface area (Å²) in [5, 5.41) is 5.31. The van der Waals surface area contributed by atoms with Gasteiger partial charge in [0.2, 0.25) is 0 Å². The maximum Gasteiger partial charge on any atom is 0.0660 e. The standard InChI is InChI=1S/C11H9Cl3N2/c12-4-9-5-15-16(7-9)6-8-1-2-10(13)11(14)3-8/h1-3,5,7H,4,6H2. The van der Waals surface area contributed by atoms with Gasteiger partial charge in [-0.1, -0.05) is 29.3 Å². The first kappa shape index (κ1) is 11.8. The number of rotatable bonds is 3. The minimum absolute atomic E-state index is 0.474. The Kier molecular flexibility index (Phi) is 3.74. The molecular weight excluding hydrogens is 266 g/mol. The van der Waals surface area contributed by atoms with E-state index < -0.39 is 0 Å². The van der Waals surface area contributed by atoms with Gasteiger partial charge in [-0.05, 0) is 17.7 Å². The molecule has 0 radical (unpaired) electrons. The van der Waals surface area contributed by atoms with Crippen LogP contribution in [0.5, 0.6) is 0 Å². The number of hydrogen-bond acceptors (Lipinski definition) is 1. The lowest BCUT2D eigenvalue weighted by molar-refractivity contribution is 0.686. The molecule has 0 saturated carbocycles. The average Bonchev–Trinajstić information content (AvgIpc) is 2.71. The molecule has 0 bridgehead atoms. The molecule has 1 heterocycles. The fourth-order valence-electron chi connectivity index (χ4n) is 1.39. The molecule has 0 fully saturated rings. The van der Waals surface area contributed by atoms with Crippen molar-refractivity contribution < 1.29 is 0 Å². The maximum atomic E-state index is 5.93. The molecule has 1 aromatic carbocycles. The largest absolute Gasteiger partial charge is 0.268 e. The molecule has 5 heteroatoms. The first-order chi connectivity index (χ1) is 7.69. The smallest absolute Gasteiger partial charge is 0.0660 e.